The van der Waals surface area contributed by atoms with Crippen LogP contribution in [0.2, 0.25) is 0 Å². The summed E-state index contributed by atoms with van der Waals surface area (Å²) in [6.45, 7) is 2.94. The monoisotopic (exact) mass is 322 g/mol. The van der Waals surface area contributed by atoms with Gasteiger partial charge in [-0.15, -0.1) is 0 Å². The van der Waals surface area contributed by atoms with Gasteiger partial charge in [0.05, 0.1) is 0 Å². The van der Waals surface area contributed by atoms with Crippen LogP contribution in [0.4, 0.5) is 4.39 Å². The van der Waals surface area contributed by atoms with E-state index in [9.17, 15) is 4.39 Å². The zero-order valence-electron chi connectivity index (χ0n) is 10.7. The van der Waals surface area contributed by atoms with Crippen LogP contribution >= 0.6 is 15.9 Å². The molecule has 0 saturated heterocycles. The Bertz CT molecular complexity index is 531. The Labute approximate surface area is 121 Å². The number of rotatable bonds is 5. The molecule has 1 aromatic carbocycles. The Morgan fingerprint density at radius 3 is 2.68 bits per heavy atom. The van der Waals surface area contributed by atoms with Gasteiger partial charge in [-0.25, -0.2) is 4.39 Å². The molecule has 0 spiro atoms. The maximum Gasteiger partial charge on any atom is 0.124 e. The zero-order valence-corrected chi connectivity index (χ0v) is 12.3. The SMILES string of the molecule is CC(NCCc1ccncc1)c1ccc(F)cc1Br. The molecule has 0 aliphatic heterocycles. The number of pyridine rings is 1. The number of nitrogens with zero attached hydrogens (tertiary/aromatic N) is 1. The first-order valence-electron chi connectivity index (χ1n) is 6.24. The molecule has 0 fully saturated rings. The minimum absolute atomic E-state index is 0.178. The summed E-state index contributed by atoms with van der Waals surface area (Å²) in [6.07, 6.45) is 4.55. The van der Waals surface area contributed by atoms with Gasteiger partial charge in [-0.1, -0.05) is 22.0 Å². The van der Waals surface area contributed by atoms with E-state index in [4.69, 9.17) is 0 Å². The minimum Gasteiger partial charge on any atom is -0.310 e. The van der Waals surface area contributed by atoms with E-state index in [1.54, 1.807) is 12.4 Å². The second-order valence-corrected chi connectivity index (χ2v) is 5.30. The van der Waals surface area contributed by atoms with Crippen molar-refractivity contribution in [2.24, 2.45) is 0 Å². The normalized spacial score (nSPS) is 12.4. The Balaban J connectivity index is 1.89. The van der Waals surface area contributed by atoms with Crippen LogP contribution in [0.15, 0.2) is 47.2 Å². The summed E-state index contributed by atoms with van der Waals surface area (Å²) < 4.78 is 13.8. The van der Waals surface area contributed by atoms with Crippen molar-refractivity contribution in [2.45, 2.75) is 19.4 Å². The van der Waals surface area contributed by atoms with Crippen LogP contribution in [0.3, 0.4) is 0 Å². The van der Waals surface area contributed by atoms with E-state index in [1.807, 2.05) is 18.2 Å². The molecule has 1 aromatic heterocycles. The summed E-state index contributed by atoms with van der Waals surface area (Å²) >= 11 is 3.40. The van der Waals surface area contributed by atoms with Gasteiger partial charge in [-0.2, -0.15) is 0 Å². The molecule has 1 heterocycles. The third-order valence-electron chi connectivity index (χ3n) is 3.04. The summed E-state index contributed by atoms with van der Waals surface area (Å²) in [5, 5.41) is 3.43. The molecular weight excluding hydrogens is 307 g/mol. The second kappa shape index (κ2) is 6.78. The summed E-state index contributed by atoms with van der Waals surface area (Å²) in [4.78, 5) is 3.99. The van der Waals surface area contributed by atoms with Crippen molar-refractivity contribution in [1.82, 2.24) is 10.3 Å². The van der Waals surface area contributed by atoms with Crippen LogP contribution in [0, 0.1) is 5.82 Å². The van der Waals surface area contributed by atoms with E-state index in [2.05, 4.69) is 33.2 Å². The highest BCUT2D eigenvalue weighted by Gasteiger charge is 2.09. The van der Waals surface area contributed by atoms with Crippen molar-refractivity contribution in [3.63, 3.8) is 0 Å². The molecule has 100 valence electrons. The smallest absolute Gasteiger partial charge is 0.124 e. The van der Waals surface area contributed by atoms with Crippen molar-refractivity contribution in [1.29, 1.82) is 0 Å². The Kier molecular flexibility index (Phi) is 5.05. The first-order valence-corrected chi connectivity index (χ1v) is 7.03. The van der Waals surface area contributed by atoms with Gasteiger partial charge in [-0.3, -0.25) is 4.98 Å². The molecule has 2 rings (SSSR count). The fourth-order valence-electron chi connectivity index (χ4n) is 1.95. The molecule has 1 N–H and O–H groups in total. The highest BCUT2D eigenvalue weighted by atomic mass is 79.9. The van der Waals surface area contributed by atoms with E-state index in [0.29, 0.717) is 0 Å². The van der Waals surface area contributed by atoms with Crippen LogP contribution in [0.1, 0.15) is 24.1 Å². The highest BCUT2D eigenvalue weighted by molar-refractivity contribution is 9.10. The molecule has 1 unspecified atom stereocenters. The lowest BCUT2D eigenvalue weighted by Gasteiger charge is -2.16. The summed E-state index contributed by atoms with van der Waals surface area (Å²) in [6, 6.07) is 9.00. The maximum absolute atomic E-state index is 13.0. The van der Waals surface area contributed by atoms with Gasteiger partial charge < -0.3 is 5.32 Å². The van der Waals surface area contributed by atoms with Gasteiger partial charge in [0.2, 0.25) is 0 Å². The minimum atomic E-state index is -0.223. The quantitative estimate of drug-likeness (QED) is 0.903. The molecule has 0 amide bonds. The Morgan fingerprint density at radius 1 is 1.26 bits per heavy atom. The van der Waals surface area contributed by atoms with Gasteiger partial charge in [-0.05, 0) is 55.3 Å². The van der Waals surface area contributed by atoms with Gasteiger partial charge in [0, 0.05) is 22.9 Å². The summed E-state index contributed by atoms with van der Waals surface area (Å²) in [5.74, 6) is -0.223. The average molecular weight is 323 g/mol. The molecule has 0 saturated carbocycles. The molecule has 0 aliphatic carbocycles. The molecule has 0 radical (unpaired) electrons. The molecule has 4 heteroatoms. The molecule has 2 aromatic rings. The number of aromatic nitrogens is 1. The van der Waals surface area contributed by atoms with Crippen molar-refractivity contribution < 1.29 is 4.39 Å². The van der Waals surface area contributed by atoms with Gasteiger partial charge >= 0.3 is 0 Å². The van der Waals surface area contributed by atoms with E-state index in [0.717, 1.165) is 23.0 Å². The van der Waals surface area contributed by atoms with Crippen LogP contribution in [-0.4, -0.2) is 11.5 Å². The number of nitrogens with one attached hydrogen (secondary N) is 1. The third kappa shape index (κ3) is 4.11. The molecule has 2 nitrogen and oxygen atoms in total. The highest BCUT2D eigenvalue weighted by Crippen LogP contribution is 2.24. The summed E-state index contributed by atoms with van der Waals surface area (Å²) in [7, 11) is 0. The van der Waals surface area contributed by atoms with Gasteiger partial charge in [0.1, 0.15) is 5.82 Å². The summed E-state index contributed by atoms with van der Waals surface area (Å²) in [5.41, 5.74) is 2.32. The Hall–Kier alpha value is -1.26. The van der Waals surface area contributed by atoms with Crippen LogP contribution < -0.4 is 5.32 Å². The lowest BCUT2D eigenvalue weighted by Crippen LogP contribution is -2.21. The first kappa shape index (κ1) is 14.2. The third-order valence-corrected chi connectivity index (χ3v) is 3.73. The van der Waals surface area contributed by atoms with Crippen molar-refractivity contribution >= 4 is 15.9 Å². The number of hydrogen-bond acceptors (Lipinski definition) is 2. The van der Waals surface area contributed by atoms with Gasteiger partial charge in [0.25, 0.3) is 0 Å². The predicted octanol–water partition coefficient (Wildman–Crippen LogP) is 3.88. The predicted molar refractivity (Wildman–Crippen MR) is 78.5 cm³/mol. The fourth-order valence-corrected chi connectivity index (χ4v) is 2.64. The van der Waals surface area contributed by atoms with Crippen molar-refractivity contribution in [2.75, 3.05) is 6.54 Å². The largest absolute Gasteiger partial charge is 0.310 e. The lowest BCUT2D eigenvalue weighted by molar-refractivity contribution is 0.571. The fraction of sp³-hybridized carbons (Fsp3) is 0.267. The number of halogens is 2. The second-order valence-electron chi connectivity index (χ2n) is 4.45. The van der Waals surface area contributed by atoms with Crippen molar-refractivity contribution in [3.8, 4) is 0 Å². The molecule has 1 atom stereocenters. The Morgan fingerprint density at radius 2 is 2.00 bits per heavy atom. The standard InChI is InChI=1S/C15H16BrFN2/c1-11(14-3-2-13(17)10-15(14)16)19-9-6-12-4-7-18-8-5-12/h2-5,7-8,10-11,19H,6,9H2,1H3. The first-order chi connectivity index (χ1) is 9.16. The van der Waals surface area contributed by atoms with E-state index >= 15 is 0 Å². The molecular formula is C15H16BrFN2. The molecule has 0 bridgehead atoms. The van der Waals surface area contributed by atoms with E-state index in [-0.39, 0.29) is 11.9 Å². The molecule has 19 heavy (non-hydrogen) atoms. The number of hydrogen-bond donors (Lipinski definition) is 1. The average Bonchev–Trinajstić information content (AvgIpc) is 2.39. The van der Waals surface area contributed by atoms with Crippen LogP contribution in [-0.2, 0) is 6.42 Å². The lowest BCUT2D eigenvalue weighted by atomic mass is 10.1. The van der Waals surface area contributed by atoms with Crippen molar-refractivity contribution in [3.05, 3.63) is 64.1 Å². The van der Waals surface area contributed by atoms with Gasteiger partial charge in [0.15, 0.2) is 0 Å². The van der Waals surface area contributed by atoms with Crippen LogP contribution in [0.5, 0.6) is 0 Å². The van der Waals surface area contributed by atoms with E-state index in [1.165, 1.54) is 17.7 Å². The number of benzene rings is 1. The molecule has 0 aliphatic rings. The maximum atomic E-state index is 13.0. The van der Waals surface area contributed by atoms with E-state index < -0.39 is 0 Å². The zero-order chi connectivity index (χ0) is 13.7. The van der Waals surface area contributed by atoms with Crippen LogP contribution in [0.25, 0.3) is 0 Å². The topological polar surface area (TPSA) is 24.9 Å².